The Kier molecular flexibility index (Phi) is 6.45. The molecule has 1 aliphatic rings. The van der Waals surface area contributed by atoms with Crippen LogP contribution in [0.2, 0.25) is 0 Å². The summed E-state index contributed by atoms with van der Waals surface area (Å²) in [5.74, 6) is 0.671. The molecule has 0 amide bonds. The average Bonchev–Trinajstić information content (AvgIpc) is 3.08. The van der Waals surface area contributed by atoms with Crippen LogP contribution in [0.4, 0.5) is 5.13 Å². The van der Waals surface area contributed by atoms with Crippen LogP contribution in [0.15, 0.2) is 0 Å². The van der Waals surface area contributed by atoms with Crippen molar-refractivity contribution in [2.24, 2.45) is 5.92 Å². The van der Waals surface area contributed by atoms with Crippen LogP contribution < -0.4 is 10.2 Å². The quantitative estimate of drug-likeness (QED) is 0.798. The molecule has 1 fully saturated rings. The van der Waals surface area contributed by atoms with Crippen molar-refractivity contribution in [3.8, 4) is 0 Å². The van der Waals surface area contributed by atoms with Gasteiger partial charge in [0.25, 0.3) is 0 Å². The highest BCUT2D eigenvalue weighted by atomic mass is 32.1. The van der Waals surface area contributed by atoms with Gasteiger partial charge in [-0.25, -0.2) is 4.98 Å². The Labute approximate surface area is 132 Å². The van der Waals surface area contributed by atoms with Crippen LogP contribution in [0.25, 0.3) is 0 Å². The SMILES string of the molecule is COCc1nc(N(C)C2CCCC2)sc1CNCC(C)C. The highest BCUT2D eigenvalue weighted by Crippen LogP contribution is 2.32. The summed E-state index contributed by atoms with van der Waals surface area (Å²) in [6, 6.07) is 0.669. The lowest BCUT2D eigenvalue weighted by Crippen LogP contribution is -2.28. The van der Waals surface area contributed by atoms with Crippen LogP contribution in [-0.4, -0.2) is 31.7 Å². The topological polar surface area (TPSA) is 37.4 Å². The monoisotopic (exact) mass is 311 g/mol. The van der Waals surface area contributed by atoms with Crippen molar-refractivity contribution in [1.82, 2.24) is 10.3 Å². The molecule has 0 aliphatic heterocycles. The largest absolute Gasteiger partial charge is 0.378 e. The molecule has 0 atom stereocenters. The summed E-state index contributed by atoms with van der Waals surface area (Å²) in [5.41, 5.74) is 1.10. The molecule has 4 nitrogen and oxygen atoms in total. The van der Waals surface area contributed by atoms with Crippen LogP contribution in [0.1, 0.15) is 50.1 Å². The third-order valence-electron chi connectivity index (χ3n) is 4.06. The lowest BCUT2D eigenvalue weighted by atomic mass is 10.2. The number of hydrogen-bond donors (Lipinski definition) is 1. The van der Waals surface area contributed by atoms with Gasteiger partial charge in [-0.2, -0.15) is 0 Å². The number of aromatic nitrogens is 1. The number of ether oxygens (including phenoxy) is 1. The molecule has 120 valence electrons. The van der Waals surface area contributed by atoms with Crippen molar-refractivity contribution in [2.75, 3.05) is 25.6 Å². The number of nitrogens with one attached hydrogen (secondary N) is 1. The van der Waals surface area contributed by atoms with Gasteiger partial charge in [0.2, 0.25) is 0 Å². The number of rotatable bonds is 8. The van der Waals surface area contributed by atoms with Gasteiger partial charge in [0.05, 0.1) is 12.3 Å². The van der Waals surface area contributed by atoms with Crippen LogP contribution in [0, 0.1) is 5.92 Å². The standard InChI is InChI=1S/C16H29N3OS/c1-12(2)9-17-10-15-14(11-20-4)18-16(21-15)19(3)13-7-5-6-8-13/h12-13,17H,5-11H2,1-4H3. The Balaban J connectivity index is 2.04. The molecule has 5 heteroatoms. The van der Waals surface area contributed by atoms with E-state index in [1.165, 1.54) is 30.6 Å². The number of thiazole rings is 1. The maximum atomic E-state index is 5.31. The first-order valence-corrected chi connectivity index (χ1v) is 8.84. The predicted octanol–water partition coefficient (Wildman–Crippen LogP) is 3.41. The molecule has 2 rings (SSSR count). The van der Waals surface area contributed by atoms with Crippen molar-refractivity contribution < 1.29 is 4.74 Å². The summed E-state index contributed by atoms with van der Waals surface area (Å²) in [4.78, 5) is 8.52. The molecule has 0 saturated heterocycles. The van der Waals surface area contributed by atoms with E-state index in [1.807, 2.05) is 11.3 Å². The van der Waals surface area contributed by atoms with E-state index < -0.39 is 0 Å². The lowest BCUT2D eigenvalue weighted by molar-refractivity contribution is 0.181. The second-order valence-corrected chi connectivity index (χ2v) is 7.44. The number of nitrogens with zero attached hydrogens (tertiary/aromatic N) is 2. The number of hydrogen-bond acceptors (Lipinski definition) is 5. The minimum absolute atomic E-state index is 0.605. The van der Waals surface area contributed by atoms with Crippen molar-refractivity contribution in [3.63, 3.8) is 0 Å². The van der Waals surface area contributed by atoms with E-state index in [1.54, 1.807) is 7.11 Å². The molecule has 1 aromatic heterocycles. The molecular formula is C16H29N3OS. The smallest absolute Gasteiger partial charge is 0.185 e. The zero-order valence-electron chi connectivity index (χ0n) is 13.8. The Morgan fingerprint density at radius 2 is 2.10 bits per heavy atom. The maximum Gasteiger partial charge on any atom is 0.185 e. The zero-order valence-corrected chi connectivity index (χ0v) is 14.6. The number of methoxy groups -OCH3 is 1. The Bertz CT molecular complexity index is 427. The van der Waals surface area contributed by atoms with Crippen molar-refractivity contribution in [3.05, 3.63) is 10.6 Å². The summed E-state index contributed by atoms with van der Waals surface area (Å²) in [6.07, 6.45) is 5.31. The van der Waals surface area contributed by atoms with Crippen molar-refractivity contribution in [1.29, 1.82) is 0 Å². The van der Waals surface area contributed by atoms with E-state index in [9.17, 15) is 0 Å². The van der Waals surface area contributed by atoms with Gasteiger partial charge in [-0.05, 0) is 25.3 Å². The van der Waals surface area contributed by atoms with Crippen LogP contribution >= 0.6 is 11.3 Å². The van der Waals surface area contributed by atoms with Crippen molar-refractivity contribution in [2.45, 2.75) is 58.7 Å². The van der Waals surface area contributed by atoms with Gasteiger partial charge >= 0.3 is 0 Å². The van der Waals surface area contributed by atoms with Gasteiger partial charge in [0, 0.05) is 31.6 Å². The fourth-order valence-corrected chi connectivity index (χ4v) is 3.90. The van der Waals surface area contributed by atoms with Gasteiger partial charge < -0.3 is 15.0 Å². The van der Waals surface area contributed by atoms with Crippen molar-refractivity contribution >= 4 is 16.5 Å². The van der Waals surface area contributed by atoms with Crippen LogP contribution in [0.3, 0.4) is 0 Å². The van der Waals surface area contributed by atoms with Gasteiger partial charge in [-0.15, -0.1) is 11.3 Å². The first-order chi connectivity index (χ1) is 10.1. The summed E-state index contributed by atoms with van der Waals surface area (Å²) in [7, 11) is 3.93. The van der Waals surface area contributed by atoms with E-state index in [2.05, 4.69) is 31.1 Å². The molecule has 0 bridgehead atoms. The first-order valence-electron chi connectivity index (χ1n) is 8.03. The second kappa shape index (κ2) is 8.11. The molecule has 0 radical (unpaired) electrons. The van der Waals surface area contributed by atoms with Crippen LogP contribution in [0.5, 0.6) is 0 Å². The van der Waals surface area contributed by atoms with Gasteiger partial charge in [0.15, 0.2) is 5.13 Å². The Morgan fingerprint density at radius 3 is 2.71 bits per heavy atom. The second-order valence-electron chi connectivity index (χ2n) is 6.37. The third-order valence-corrected chi connectivity index (χ3v) is 5.25. The van der Waals surface area contributed by atoms with E-state index >= 15 is 0 Å². The predicted molar refractivity (Wildman–Crippen MR) is 90.0 cm³/mol. The van der Waals surface area contributed by atoms with Gasteiger partial charge in [0.1, 0.15) is 0 Å². The molecule has 1 heterocycles. The molecule has 1 aliphatic carbocycles. The van der Waals surface area contributed by atoms with E-state index in [-0.39, 0.29) is 0 Å². The molecule has 1 saturated carbocycles. The molecular weight excluding hydrogens is 282 g/mol. The average molecular weight is 311 g/mol. The van der Waals surface area contributed by atoms with Gasteiger partial charge in [-0.1, -0.05) is 26.7 Å². The number of anilines is 1. The summed E-state index contributed by atoms with van der Waals surface area (Å²) >= 11 is 1.82. The molecule has 1 aromatic rings. The minimum Gasteiger partial charge on any atom is -0.378 e. The Hall–Kier alpha value is -0.650. The highest BCUT2D eigenvalue weighted by Gasteiger charge is 2.23. The molecule has 0 spiro atoms. The lowest BCUT2D eigenvalue weighted by Gasteiger charge is -2.23. The molecule has 21 heavy (non-hydrogen) atoms. The first kappa shape index (κ1) is 16.7. The summed E-state index contributed by atoms with van der Waals surface area (Å²) in [6.45, 7) is 7.00. The summed E-state index contributed by atoms with van der Waals surface area (Å²) < 4.78 is 5.31. The fraction of sp³-hybridized carbons (Fsp3) is 0.812. The maximum absolute atomic E-state index is 5.31. The highest BCUT2D eigenvalue weighted by molar-refractivity contribution is 7.15. The van der Waals surface area contributed by atoms with E-state index in [4.69, 9.17) is 9.72 Å². The Morgan fingerprint density at radius 1 is 1.38 bits per heavy atom. The summed E-state index contributed by atoms with van der Waals surface area (Å²) in [5, 5.41) is 4.67. The molecule has 0 aromatic carbocycles. The van der Waals surface area contributed by atoms with Crippen LogP contribution in [-0.2, 0) is 17.9 Å². The third kappa shape index (κ3) is 4.66. The van der Waals surface area contributed by atoms with E-state index in [0.717, 1.165) is 23.9 Å². The molecule has 0 unspecified atom stereocenters. The van der Waals surface area contributed by atoms with E-state index in [0.29, 0.717) is 18.6 Å². The normalized spacial score (nSPS) is 16.0. The fourth-order valence-electron chi connectivity index (χ4n) is 2.83. The molecule has 1 N–H and O–H groups in total. The van der Waals surface area contributed by atoms with Gasteiger partial charge in [-0.3, -0.25) is 0 Å². The zero-order chi connectivity index (χ0) is 15.2. The minimum atomic E-state index is 0.605.